The lowest BCUT2D eigenvalue weighted by Gasteiger charge is -2.19. The molecule has 0 aliphatic rings. The van der Waals surface area contributed by atoms with Gasteiger partial charge in [-0.2, -0.15) is 5.10 Å². The van der Waals surface area contributed by atoms with Gasteiger partial charge in [0.25, 0.3) is 5.56 Å². The summed E-state index contributed by atoms with van der Waals surface area (Å²) in [6.07, 6.45) is 1.72. The second-order valence-corrected chi connectivity index (χ2v) is 5.14. The van der Waals surface area contributed by atoms with Gasteiger partial charge in [0, 0.05) is 19.7 Å². The van der Waals surface area contributed by atoms with Gasteiger partial charge in [-0.25, -0.2) is 4.68 Å². The zero-order valence-corrected chi connectivity index (χ0v) is 12.4. The lowest BCUT2D eigenvalue weighted by Crippen LogP contribution is -2.29. The quantitative estimate of drug-likeness (QED) is 0.877. The molecular formula is C16H21N3O2. The molecule has 0 spiro atoms. The van der Waals surface area contributed by atoms with Crippen molar-refractivity contribution in [2.24, 2.45) is 0 Å². The van der Waals surface area contributed by atoms with Gasteiger partial charge in [-0.05, 0) is 12.0 Å². The van der Waals surface area contributed by atoms with Crippen LogP contribution >= 0.6 is 0 Å². The van der Waals surface area contributed by atoms with Crippen LogP contribution in [0, 0.1) is 0 Å². The van der Waals surface area contributed by atoms with Gasteiger partial charge >= 0.3 is 0 Å². The Hall–Kier alpha value is -2.14. The molecule has 2 aromatic rings. The number of aliphatic hydroxyl groups is 1. The first-order valence-electron chi connectivity index (χ1n) is 7.10. The lowest BCUT2D eigenvalue weighted by molar-refractivity contribution is 0.143. The molecule has 1 N–H and O–H groups in total. The highest BCUT2D eigenvalue weighted by atomic mass is 16.3. The molecule has 112 valence electrons. The first kappa shape index (κ1) is 15.3. The van der Waals surface area contributed by atoms with Gasteiger partial charge in [0.2, 0.25) is 0 Å². The molecule has 1 unspecified atom stereocenters. The van der Waals surface area contributed by atoms with Crippen LogP contribution in [0.2, 0.25) is 0 Å². The molecule has 21 heavy (non-hydrogen) atoms. The second-order valence-electron chi connectivity index (χ2n) is 5.14. The Labute approximate surface area is 124 Å². The van der Waals surface area contributed by atoms with Crippen LogP contribution in [-0.4, -0.2) is 28.0 Å². The van der Waals surface area contributed by atoms with E-state index in [9.17, 15) is 9.90 Å². The van der Waals surface area contributed by atoms with Crippen molar-refractivity contribution in [2.75, 3.05) is 11.9 Å². The Kier molecular flexibility index (Phi) is 5.11. The topological polar surface area (TPSA) is 58.4 Å². The van der Waals surface area contributed by atoms with Gasteiger partial charge in [-0.1, -0.05) is 37.3 Å². The van der Waals surface area contributed by atoms with E-state index in [1.54, 1.807) is 12.3 Å². The maximum absolute atomic E-state index is 12.0. The van der Waals surface area contributed by atoms with E-state index < -0.39 is 6.10 Å². The summed E-state index contributed by atoms with van der Waals surface area (Å²) < 4.78 is 1.30. The maximum atomic E-state index is 12.0. The highest BCUT2D eigenvalue weighted by Gasteiger charge is 2.08. The van der Waals surface area contributed by atoms with E-state index in [4.69, 9.17) is 0 Å². The molecule has 0 radical (unpaired) electrons. The summed E-state index contributed by atoms with van der Waals surface area (Å²) >= 11 is 0. The number of aliphatic hydroxyl groups excluding tert-OH is 1. The first-order valence-corrected chi connectivity index (χ1v) is 7.10. The second kappa shape index (κ2) is 7.04. The molecular weight excluding hydrogens is 266 g/mol. The molecule has 0 fully saturated rings. The standard InChI is InChI=1S/C16H21N3O2/c1-3-15(20)12-19-16(21)9-14(10-17-19)18(2)11-13-7-5-4-6-8-13/h4-10,15,20H,3,11-12H2,1-2H3. The molecule has 1 aromatic carbocycles. The van der Waals surface area contributed by atoms with E-state index in [1.165, 1.54) is 10.2 Å². The third-order valence-electron chi connectivity index (χ3n) is 3.41. The summed E-state index contributed by atoms with van der Waals surface area (Å²) in [7, 11) is 1.93. The van der Waals surface area contributed by atoms with E-state index in [2.05, 4.69) is 5.10 Å². The SMILES string of the molecule is CCC(O)Cn1ncc(N(C)Cc2ccccc2)cc1=O. The fraction of sp³-hybridized carbons (Fsp3) is 0.375. The summed E-state index contributed by atoms with van der Waals surface area (Å²) in [5, 5.41) is 13.7. The predicted molar refractivity (Wildman–Crippen MR) is 83.3 cm³/mol. The number of nitrogens with zero attached hydrogens (tertiary/aromatic N) is 3. The van der Waals surface area contributed by atoms with Gasteiger partial charge in [0.1, 0.15) is 0 Å². The van der Waals surface area contributed by atoms with Crippen molar-refractivity contribution < 1.29 is 5.11 Å². The van der Waals surface area contributed by atoms with Crippen LogP contribution in [0.3, 0.4) is 0 Å². The summed E-state index contributed by atoms with van der Waals surface area (Å²) in [6, 6.07) is 11.6. The van der Waals surface area contributed by atoms with Crippen LogP contribution in [0.1, 0.15) is 18.9 Å². The van der Waals surface area contributed by atoms with Crippen molar-refractivity contribution in [3.63, 3.8) is 0 Å². The van der Waals surface area contributed by atoms with Crippen molar-refractivity contribution in [3.05, 3.63) is 58.5 Å². The molecule has 1 heterocycles. The predicted octanol–water partition coefficient (Wildman–Crippen LogP) is 1.65. The fourth-order valence-corrected chi connectivity index (χ4v) is 2.05. The Balaban J connectivity index is 2.10. The van der Waals surface area contributed by atoms with Crippen LogP contribution in [0.15, 0.2) is 47.4 Å². The van der Waals surface area contributed by atoms with Crippen LogP contribution in [0.25, 0.3) is 0 Å². The molecule has 1 atom stereocenters. The number of rotatable bonds is 6. The van der Waals surface area contributed by atoms with E-state index in [1.807, 2.05) is 49.2 Å². The Morgan fingerprint density at radius 1 is 1.33 bits per heavy atom. The zero-order chi connectivity index (χ0) is 15.2. The van der Waals surface area contributed by atoms with Crippen molar-refractivity contribution in [3.8, 4) is 0 Å². The van der Waals surface area contributed by atoms with Crippen LogP contribution in [-0.2, 0) is 13.1 Å². The molecule has 5 heteroatoms. The molecule has 1 aromatic heterocycles. The minimum Gasteiger partial charge on any atom is -0.391 e. The van der Waals surface area contributed by atoms with Crippen molar-refractivity contribution in [1.82, 2.24) is 9.78 Å². The van der Waals surface area contributed by atoms with Gasteiger partial charge in [0.15, 0.2) is 0 Å². The summed E-state index contributed by atoms with van der Waals surface area (Å²) in [6.45, 7) is 2.82. The Morgan fingerprint density at radius 3 is 2.67 bits per heavy atom. The molecule has 0 bridgehead atoms. The number of benzene rings is 1. The monoisotopic (exact) mass is 287 g/mol. The van der Waals surface area contributed by atoms with Crippen LogP contribution in [0.4, 0.5) is 5.69 Å². The molecule has 5 nitrogen and oxygen atoms in total. The maximum Gasteiger partial charge on any atom is 0.268 e. The van der Waals surface area contributed by atoms with Crippen molar-refractivity contribution >= 4 is 5.69 Å². The number of hydrogen-bond donors (Lipinski definition) is 1. The lowest BCUT2D eigenvalue weighted by atomic mass is 10.2. The fourth-order valence-electron chi connectivity index (χ4n) is 2.05. The van der Waals surface area contributed by atoms with Crippen LogP contribution in [0.5, 0.6) is 0 Å². The van der Waals surface area contributed by atoms with Gasteiger partial charge < -0.3 is 10.0 Å². The van der Waals surface area contributed by atoms with E-state index in [0.717, 1.165) is 5.69 Å². The molecule has 0 aliphatic heterocycles. The minimum absolute atomic E-state index is 0.195. The van der Waals surface area contributed by atoms with E-state index >= 15 is 0 Å². The Bertz CT molecular complexity index is 625. The van der Waals surface area contributed by atoms with Crippen molar-refractivity contribution in [1.29, 1.82) is 0 Å². The van der Waals surface area contributed by atoms with Gasteiger partial charge in [-0.15, -0.1) is 0 Å². The average Bonchev–Trinajstić information content (AvgIpc) is 2.50. The number of aromatic nitrogens is 2. The summed E-state index contributed by atoms with van der Waals surface area (Å²) in [5.74, 6) is 0. The summed E-state index contributed by atoms with van der Waals surface area (Å²) in [4.78, 5) is 14.0. The zero-order valence-electron chi connectivity index (χ0n) is 12.4. The molecule has 0 amide bonds. The third-order valence-corrected chi connectivity index (χ3v) is 3.41. The minimum atomic E-state index is -0.539. The third kappa shape index (κ3) is 4.16. The smallest absolute Gasteiger partial charge is 0.268 e. The first-order chi connectivity index (χ1) is 10.1. The number of hydrogen-bond acceptors (Lipinski definition) is 4. The Morgan fingerprint density at radius 2 is 2.05 bits per heavy atom. The van der Waals surface area contributed by atoms with Crippen molar-refractivity contribution in [2.45, 2.75) is 32.5 Å². The van der Waals surface area contributed by atoms with Gasteiger partial charge in [-0.3, -0.25) is 4.79 Å². The largest absolute Gasteiger partial charge is 0.391 e. The molecule has 2 rings (SSSR count). The van der Waals surface area contributed by atoms with E-state index in [-0.39, 0.29) is 12.1 Å². The summed E-state index contributed by atoms with van der Waals surface area (Å²) in [5.41, 5.74) is 1.75. The van der Waals surface area contributed by atoms with E-state index in [0.29, 0.717) is 13.0 Å². The molecule has 0 aliphatic carbocycles. The number of anilines is 1. The average molecular weight is 287 g/mol. The highest BCUT2D eigenvalue weighted by Crippen LogP contribution is 2.11. The highest BCUT2D eigenvalue weighted by molar-refractivity contribution is 5.42. The van der Waals surface area contributed by atoms with Gasteiger partial charge in [0.05, 0.1) is 24.5 Å². The van der Waals surface area contributed by atoms with Crippen LogP contribution < -0.4 is 10.5 Å². The molecule has 0 saturated heterocycles. The molecule has 0 saturated carbocycles. The normalized spacial score (nSPS) is 12.1.